The molecule has 0 unspecified atom stereocenters. The second-order valence-electron chi connectivity index (χ2n) is 4.37. The van der Waals surface area contributed by atoms with Crippen LogP contribution in [-0.4, -0.2) is 5.91 Å². The van der Waals surface area contributed by atoms with Crippen LogP contribution in [0, 0.1) is 6.92 Å². The number of carbonyl (C=O) groups excluding carboxylic acids is 1. The van der Waals surface area contributed by atoms with Gasteiger partial charge < -0.3 is 16.8 Å². The molecule has 0 spiro atoms. The molecule has 0 radical (unpaired) electrons. The van der Waals surface area contributed by atoms with Crippen LogP contribution in [0.15, 0.2) is 34.8 Å². The van der Waals surface area contributed by atoms with Crippen molar-refractivity contribution >= 4 is 50.5 Å². The van der Waals surface area contributed by atoms with Crippen LogP contribution in [0.1, 0.15) is 15.9 Å². The van der Waals surface area contributed by atoms with E-state index in [0.29, 0.717) is 22.0 Å². The predicted molar refractivity (Wildman–Crippen MR) is 86.5 cm³/mol. The zero-order valence-electron chi connectivity index (χ0n) is 10.7. The van der Waals surface area contributed by atoms with Crippen molar-refractivity contribution in [3.63, 3.8) is 0 Å². The number of amides is 1. The third-order valence-electron chi connectivity index (χ3n) is 2.85. The molecule has 0 aromatic heterocycles. The van der Waals surface area contributed by atoms with E-state index in [1.807, 2.05) is 19.1 Å². The third-order valence-corrected chi connectivity index (χ3v) is 3.92. The van der Waals surface area contributed by atoms with Crippen LogP contribution in [0.3, 0.4) is 0 Å². The van der Waals surface area contributed by atoms with Gasteiger partial charge >= 0.3 is 0 Å². The molecule has 0 aliphatic rings. The van der Waals surface area contributed by atoms with Crippen LogP contribution in [0.4, 0.5) is 17.1 Å². The van der Waals surface area contributed by atoms with Gasteiger partial charge in [0.2, 0.25) is 5.91 Å². The molecule has 0 fully saturated rings. The number of halogens is 2. The third kappa shape index (κ3) is 3.05. The van der Waals surface area contributed by atoms with Crippen LogP contribution in [0.5, 0.6) is 0 Å². The molecule has 0 aliphatic heterocycles. The number of aryl methyl sites for hydroxylation is 1. The lowest BCUT2D eigenvalue weighted by atomic mass is 10.1. The molecule has 1 amide bonds. The van der Waals surface area contributed by atoms with E-state index in [1.165, 1.54) is 6.07 Å². The summed E-state index contributed by atoms with van der Waals surface area (Å²) in [5.74, 6) is -0.511. The Bertz CT molecular complexity index is 688. The van der Waals surface area contributed by atoms with Gasteiger partial charge in [-0.25, -0.2) is 0 Å². The van der Waals surface area contributed by atoms with Gasteiger partial charge in [0, 0.05) is 15.1 Å². The van der Waals surface area contributed by atoms with E-state index in [1.54, 1.807) is 12.1 Å². The maximum atomic E-state index is 11.1. The average molecular weight is 355 g/mol. The summed E-state index contributed by atoms with van der Waals surface area (Å²) in [5, 5.41) is 3.82. The smallest absolute Gasteiger partial charge is 0.248 e. The molecule has 2 rings (SSSR count). The lowest BCUT2D eigenvalue weighted by Gasteiger charge is -2.13. The van der Waals surface area contributed by atoms with E-state index >= 15 is 0 Å². The Balaban J connectivity index is 2.35. The fraction of sp³-hybridized carbons (Fsp3) is 0.0714. The Morgan fingerprint density at radius 1 is 1.25 bits per heavy atom. The summed E-state index contributed by atoms with van der Waals surface area (Å²) in [6.45, 7) is 1.92. The largest absolute Gasteiger partial charge is 0.397 e. The molecule has 0 heterocycles. The predicted octanol–water partition coefficient (Wildman–Crippen LogP) is 3.84. The van der Waals surface area contributed by atoms with Crippen molar-refractivity contribution in [2.45, 2.75) is 6.92 Å². The number of carbonyl (C=O) groups is 1. The molecule has 2 aromatic rings. The summed E-state index contributed by atoms with van der Waals surface area (Å²) in [6.07, 6.45) is 0. The van der Waals surface area contributed by atoms with Crippen LogP contribution in [0.2, 0.25) is 5.02 Å². The second kappa shape index (κ2) is 5.73. The van der Waals surface area contributed by atoms with Gasteiger partial charge in [-0.15, -0.1) is 0 Å². The van der Waals surface area contributed by atoms with Crippen molar-refractivity contribution in [3.8, 4) is 0 Å². The summed E-state index contributed by atoms with van der Waals surface area (Å²) in [5.41, 5.74) is 14.4. The molecule has 5 N–H and O–H groups in total. The van der Waals surface area contributed by atoms with Crippen molar-refractivity contribution in [3.05, 3.63) is 51.0 Å². The Hall–Kier alpha value is -1.72. The van der Waals surface area contributed by atoms with Gasteiger partial charge in [-0.2, -0.15) is 0 Å². The fourth-order valence-electron chi connectivity index (χ4n) is 1.72. The van der Waals surface area contributed by atoms with Gasteiger partial charge in [0.15, 0.2) is 0 Å². The maximum Gasteiger partial charge on any atom is 0.248 e. The molecule has 0 bridgehead atoms. The van der Waals surface area contributed by atoms with E-state index in [-0.39, 0.29) is 0 Å². The highest BCUT2D eigenvalue weighted by atomic mass is 79.9. The first-order valence-corrected chi connectivity index (χ1v) is 6.97. The highest BCUT2D eigenvalue weighted by molar-refractivity contribution is 9.10. The van der Waals surface area contributed by atoms with E-state index in [2.05, 4.69) is 21.2 Å². The Kier molecular flexibility index (Phi) is 4.20. The highest BCUT2D eigenvalue weighted by Gasteiger charge is 2.08. The average Bonchev–Trinajstić information content (AvgIpc) is 2.37. The van der Waals surface area contributed by atoms with E-state index in [0.717, 1.165) is 15.7 Å². The number of nitrogens with one attached hydrogen (secondary N) is 1. The molecule has 2 aromatic carbocycles. The summed E-state index contributed by atoms with van der Waals surface area (Å²) in [4.78, 5) is 11.1. The zero-order chi connectivity index (χ0) is 14.9. The number of nitrogen functional groups attached to an aromatic ring is 1. The van der Waals surface area contributed by atoms with Crippen molar-refractivity contribution in [1.82, 2.24) is 0 Å². The minimum atomic E-state index is -0.511. The molecular formula is C14H13BrClN3O. The molecule has 20 heavy (non-hydrogen) atoms. The van der Waals surface area contributed by atoms with Crippen molar-refractivity contribution in [2.75, 3.05) is 11.1 Å². The van der Waals surface area contributed by atoms with Crippen LogP contribution < -0.4 is 16.8 Å². The molecule has 0 atom stereocenters. The molecule has 0 aliphatic carbocycles. The first-order valence-electron chi connectivity index (χ1n) is 5.80. The maximum absolute atomic E-state index is 11.1. The first-order chi connectivity index (χ1) is 9.38. The zero-order valence-corrected chi connectivity index (χ0v) is 13.0. The topological polar surface area (TPSA) is 81.1 Å². The fourth-order valence-corrected chi connectivity index (χ4v) is 2.44. The minimum Gasteiger partial charge on any atom is -0.397 e. The minimum absolute atomic E-state index is 0.369. The SMILES string of the molecule is Cc1cc(Br)c(Nc2ccc(C(N)=O)cc2N)cc1Cl. The number of hydrogen-bond acceptors (Lipinski definition) is 3. The standard InChI is InChI=1S/C14H13BrClN3O/c1-7-4-9(15)13(6-10(7)16)19-12-3-2-8(14(18)20)5-11(12)17/h2-6,19H,17H2,1H3,(H2,18,20). The van der Waals surface area contributed by atoms with E-state index in [9.17, 15) is 4.79 Å². The van der Waals surface area contributed by atoms with Gasteiger partial charge in [-0.1, -0.05) is 11.6 Å². The lowest BCUT2D eigenvalue weighted by Crippen LogP contribution is -2.11. The van der Waals surface area contributed by atoms with Crippen molar-refractivity contribution < 1.29 is 4.79 Å². The number of primary amides is 1. The van der Waals surface area contributed by atoms with E-state index < -0.39 is 5.91 Å². The van der Waals surface area contributed by atoms with Gasteiger partial charge in [-0.3, -0.25) is 4.79 Å². The van der Waals surface area contributed by atoms with Crippen LogP contribution in [-0.2, 0) is 0 Å². The van der Waals surface area contributed by atoms with Gasteiger partial charge in [0.05, 0.1) is 17.1 Å². The summed E-state index contributed by atoms with van der Waals surface area (Å²) in [6, 6.07) is 8.58. The number of hydrogen-bond donors (Lipinski definition) is 3. The number of anilines is 3. The Morgan fingerprint density at radius 3 is 2.55 bits per heavy atom. The first kappa shape index (κ1) is 14.7. The molecular weight excluding hydrogens is 342 g/mol. The van der Waals surface area contributed by atoms with Crippen molar-refractivity contribution in [1.29, 1.82) is 0 Å². The molecule has 0 saturated carbocycles. The lowest BCUT2D eigenvalue weighted by molar-refractivity contribution is 0.100. The van der Waals surface area contributed by atoms with E-state index in [4.69, 9.17) is 23.1 Å². The quantitative estimate of drug-likeness (QED) is 0.733. The monoisotopic (exact) mass is 353 g/mol. The van der Waals surface area contributed by atoms with Gasteiger partial charge in [0.1, 0.15) is 0 Å². The number of benzene rings is 2. The Labute approximate surface area is 130 Å². The second-order valence-corrected chi connectivity index (χ2v) is 5.63. The van der Waals surface area contributed by atoms with Crippen molar-refractivity contribution in [2.24, 2.45) is 5.73 Å². The van der Waals surface area contributed by atoms with Gasteiger partial charge in [-0.05, 0) is 58.7 Å². The normalized spacial score (nSPS) is 10.3. The Morgan fingerprint density at radius 2 is 1.95 bits per heavy atom. The summed E-state index contributed by atoms with van der Waals surface area (Å²) < 4.78 is 0.873. The molecule has 0 saturated heterocycles. The molecule has 6 heteroatoms. The number of rotatable bonds is 3. The van der Waals surface area contributed by atoms with Crippen LogP contribution >= 0.6 is 27.5 Å². The molecule has 4 nitrogen and oxygen atoms in total. The number of nitrogens with two attached hydrogens (primary N) is 2. The highest BCUT2D eigenvalue weighted by Crippen LogP contribution is 2.33. The summed E-state index contributed by atoms with van der Waals surface area (Å²) >= 11 is 9.57. The molecule has 104 valence electrons. The van der Waals surface area contributed by atoms with Gasteiger partial charge in [0.25, 0.3) is 0 Å². The van der Waals surface area contributed by atoms with Crippen LogP contribution in [0.25, 0.3) is 0 Å². The summed E-state index contributed by atoms with van der Waals surface area (Å²) in [7, 11) is 0.